The van der Waals surface area contributed by atoms with Gasteiger partial charge in [0.15, 0.2) is 0 Å². The zero-order chi connectivity index (χ0) is 10.8. The highest BCUT2D eigenvalue weighted by Crippen LogP contribution is 1.96. The maximum Gasteiger partial charge on any atom is 0.316 e. The standard InChI is InChI=1S/C8H9N5O2/c1-13-3-2-5(12-13)4-9-8-10-6(14)7(15)11-8/h2-3H,4H2,1H3,(H2,9,10,11,14,15). The van der Waals surface area contributed by atoms with Gasteiger partial charge in [-0.3, -0.25) is 24.9 Å². The maximum absolute atomic E-state index is 10.8. The van der Waals surface area contributed by atoms with Crippen molar-refractivity contribution in [3.8, 4) is 0 Å². The lowest BCUT2D eigenvalue weighted by atomic mass is 10.4. The highest BCUT2D eigenvalue weighted by atomic mass is 16.2. The molecule has 1 aromatic rings. The lowest BCUT2D eigenvalue weighted by Gasteiger charge is -1.94. The molecular formula is C8H9N5O2. The molecule has 0 saturated carbocycles. The second-order valence-electron chi connectivity index (χ2n) is 3.05. The van der Waals surface area contributed by atoms with E-state index in [1.54, 1.807) is 17.9 Å². The second-order valence-corrected chi connectivity index (χ2v) is 3.05. The Balaban J connectivity index is 2.01. The van der Waals surface area contributed by atoms with Gasteiger partial charge in [-0.2, -0.15) is 5.10 Å². The van der Waals surface area contributed by atoms with E-state index in [4.69, 9.17) is 0 Å². The Labute approximate surface area is 85.2 Å². The molecule has 1 fully saturated rings. The number of nitrogens with one attached hydrogen (secondary N) is 2. The summed E-state index contributed by atoms with van der Waals surface area (Å²) >= 11 is 0. The van der Waals surface area contributed by atoms with Crippen LogP contribution in [-0.2, 0) is 23.2 Å². The van der Waals surface area contributed by atoms with Crippen LogP contribution in [0.4, 0.5) is 0 Å². The van der Waals surface area contributed by atoms with E-state index in [0.29, 0.717) is 6.54 Å². The van der Waals surface area contributed by atoms with Gasteiger partial charge in [-0.25, -0.2) is 4.99 Å². The quantitative estimate of drug-likeness (QED) is 0.580. The number of carbonyl (C=O) groups excluding carboxylic acids is 2. The van der Waals surface area contributed by atoms with E-state index in [9.17, 15) is 9.59 Å². The number of guanidine groups is 1. The van der Waals surface area contributed by atoms with Crippen molar-refractivity contribution in [2.45, 2.75) is 6.54 Å². The third kappa shape index (κ3) is 2.01. The van der Waals surface area contributed by atoms with E-state index in [1.165, 1.54) is 0 Å². The van der Waals surface area contributed by atoms with Gasteiger partial charge in [0.2, 0.25) is 5.96 Å². The summed E-state index contributed by atoms with van der Waals surface area (Å²) in [6.45, 7) is 0.316. The molecule has 0 aliphatic carbocycles. The molecule has 2 rings (SSSR count). The first-order chi connectivity index (χ1) is 7.15. The molecule has 7 nitrogen and oxygen atoms in total. The van der Waals surface area contributed by atoms with Crippen LogP contribution < -0.4 is 10.6 Å². The molecule has 2 amide bonds. The predicted molar refractivity (Wildman–Crippen MR) is 50.6 cm³/mol. The lowest BCUT2D eigenvalue weighted by molar-refractivity contribution is -0.135. The molecule has 2 N–H and O–H groups in total. The molecule has 0 aromatic carbocycles. The largest absolute Gasteiger partial charge is 0.316 e. The molecule has 0 spiro atoms. The van der Waals surface area contributed by atoms with Crippen molar-refractivity contribution in [2.24, 2.45) is 12.0 Å². The number of nitrogens with zero attached hydrogens (tertiary/aromatic N) is 3. The van der Waals surface area contributed by atoms with Gasteiger partial charge in [0, 0.05) is 13.2 Å². The topological polar surface area (TPSA) is 88.4 Å². The minimum Gasteiger partial charge on any atom is -0.288 e. The third-order valence-corrected chi connectivity index (χ3v) is 1.84. The van der Waals surface area contributed by atoms with Crippen LogP contribution in [0.2, 0.25) is 0 Å². The van der Waals surface area contributed by atoms with Gasteiger partial charge in [0.25, 0.3) is 0 Å². The Bertz CT molecular complexity index is 430. The highest BCUT2D eigenvalue weighted by Gasteiger charge is 2.24. The van der Waals surface area contributed by atoms with Gasteiger partial charge >= 0.3 is 11.8 Å². The van der Waals surface area contributed by atoms with Gasteiger partial charge in [0.1, 0.15) is 0 Å². The molecule has 2 heterocycles. The first-order valence-electron chi connectivity index (χ1n) is 4.30. The van der Waals surface area contributed by atoms with E-state index in [1.807, 2.05) is 6.07 Å². The van der Waals surface area contributed by atoms with Crippen molar-refractivity contribution in [2.75, 3.05) is 0 Å². The van der Waals surface area contributed by atoms with Crippen LogP contribution in [0.5, 0.6) is 0 Å². The Morgan fingerprint density at radius 1 is 1.40 bits per heavy atom. The molecule has 0 atom stereocenters. The number of carbonyl (C=O) groups is 2. The Hall–Kier alpha value is -2.18. The van der Waals surface area contributed by atoms with Crippen molar-refractivity contribution < 1.29 is 9.59 Å². The number of rotatable bonds is 2. The zero-order valence-corrected chi connectivity index (χ0v) is 8.02. The average molecular weight is 207 g/mol. The smallest absolute Gasteiger partial charge is 0.288 e. The molecule has 1 saturated heterocycles. The Morgan fingerprint density at radius 2 is 2.07 bits per heavy atom. The molecular weight excluding hydrogens is 198 g/mol. The fraction of sp³-hybridized carbons (Fsp3) is 0.250. The molecule has 0 unspecified atom stereocenters. The molecule has 0 bridgehead atoms. The molecule has 7 heteroatoms. The molecule has 1 aliphatic rings. The van der Waals surface area contributed by atoms with Crippen LogP contribution in [-0.4, -0.2) is 27.6 Å². The van der Waals surface area contributed by atoms with Gasteiger partial charge in [-0.05, 0) is 6.07 Å². The number of hydrogen-bond donors (Lipinski definition) is 2. The molecule has 78 valence electrons. The van der Waals surface area contributed by atoms with Crippen molar-refractivity contribution in [3.05, 3.63) is 18.0 Å². The van der Waals surface area contributed by atoms with Gasteiger partial charge in [0.05, 0.1) is 12.2 Å². The SMILES string of the molecule is Cn1ccc(CN=C2NC(=O)C(=O)N2)n1. The normalized spacial score (nSPS) is 15.1. The number of aromatic nitrogens is 2. The summed E-state index contributed by atoms with van der Waals surface area (Å²) in [5, 5.41) is 8.69. The summed E-state index contributed by atoms with van der Waals surface area (Å²) in [7, 11) is 1.80. The average Bonchev–Trinajstić information content (AvgIpc) is 2.72. The number of amides is 2. The molecule has 1 aliphatic heterocycles. The maximum atomic E-state index is 10.8. The highest BCUT2D eigenvalue weighted by molar-refractivity contribution is 6.45. The number of hydrogen-bond acceptors (Lipinski definition) is 4. The van der Waals surface area contributed by atoms with Crippen molar-refractivity contribution >= 4 is 17.8 Å². The Morgan fingerprint density at radius 3 is 2.60 bits per heavy atom. The van der Waals surface area contributed by atoms with Gasteiger partial charge in [-0.15, -0.1) is 0 Å². The van der Waals surface area contributed by atoms with Crippen molar-refractivity contribution in [3.63, 3.8) is 0 Å². The minimum absolute atomic E-state index is 0.177. The van der Waals surface area contributed by atoms with E-state index < -0.39 is 11.8 Å². The van der Waals surface area contributed by atoms with Crippen LogP contribution in [0.15, 0.2) is 17.3 Å². The van der Waals surface area contributed by atoms with E-state index in [2.05, 4.69) is 20.7 Å². The molecule has 15 heavy (non-hydrogen) atoms. The van der Waals surface area contributed by atoms with Crippen LogP contribution >= 0.6 is 0 Å². The summed E-state index contributed by atoms with van der Waals surface area (Å²) in [5.74, 6) is -1.19. The number of aryl methyl sites for hydroxylation is 1. The van der Waals surface area contributed by atoms with Crippen LogP contribution in [0, 0.1) is 0 Å². The van der Waals surface area contributed by atoms with E-state index in [0.717, 1.165) is 5.69 Å². The summed E-state index contributed by atoms with van der Waals surface area (Å²) in [5.41, 5.74) is 0.764. The first kappa shape index (κ1) is 9.38. The van der Waals surface area contributed by atoms with Crippen LogP contribution in [0.25, 0.3) is 0 Å². The second kappa shape index (κ2) is 3.52. The summed E-state index contributed by atoms with van der Waals surface area (Å²) in [6.07, 6.45) is 1.79. The fourth-order valence-corrected chi connectivity index (χ4v) is 1.15. The minimum atomic E-state index is -0.685. The summed E-state index contributed by atoms with van der Waals surface area (Å²) in [6, 6.07) is 1.81. The Kier molecular flexibility index (Phi) is 2.20. The first-order valence-corrected chi connectivity index (χ1v) is 4.30. The fourth-order valence-electron chi connectivity index (χ4n) is 1.15. The third-order valence-electron chi connectivity index (χ3n) is 1.84. The van der Waals surface area contributed by atoms with E-state index in [-0.39, 0.29) is 5.96 Å². The summed E-state index contributed by atoms with van der Waals surface area (Å²) < 4.78 is 1.65. The lowest BCUT2D eigenvalue weighted by Crippen LogP contribution is -2.25. The molecule has 1 aromatic heterocycles. The molecule has 0 radical (unpaired) electrons. The van der Waals surface area contributed by atoms with Crippen molar-refractivity contribution in [1.82, 2.24) is 20.4 Å². The van der Waals surface area contributed by atoms with Crippen LogP contribution in [0.3, 0.4) is 0 Å². The zero-order valence-electron chi connectivity index (χ0n) is 8.02. The van der Waals surface area contributed by atoms with Gasteiger partial charge in [-0.1, -0.05) is 0 Å². The van der Waals surface area contributed by atoms with Gasteiger partial charge < -0.3 is 0 Å². The monoisotopic (exact) mass is 207 g/mol. The number of aliphatic imine (C=N–C) groups is 1. The van der Waals surface area contributed by atoms with Crippen LogP contribution in [0.1, 0.15) is 5.69 Å². The summed E-state index contributed by atoms with van der Waals surface area (Å²) in [4.78, 5) is 25.5. The van der Waals surface area contributed by atoms with Crippen molar-refractivity contribution in [1.29, 1.82) is 0 Å². The van der Waals surface area contributed by atoms with E-state index >= 15 is 0 Å². The predicted octanol–water partition coefficient (Wildman–Crippen LogP) is -1.48.